The van der Waals surface area contributed by atoms with Crippen LogP contribution < -0.4 is 11.1 Å². The van der Waals surface area contributed by atoms with Gasteiger partial charge in [0.2, 0.25) is 5.76 Å². The lowest BCUT2D eigenvalue weighted by atomic mass is 10.3. The van der Waals surface area contributed by atoms with Crippen LogP contribution in [0.4, 0.5) is 5.13 Å². The maximum Gasteiger partial charge on any atom is 0.295 e. The number of aromatic nitrogens is 2. The number of amides is 1. The maximum absolute atomic E-state index is 11.8. The molecule has 0 spiro atoms. The minimum atomic E-state index is -0.377. The molecular weight excluding hydrogens is 252 g/mol. The number of hydrogen-bond donors (Lipinski definition) is 2. The zero-order valence-corrected chi connectivity index (χ0v) is 10.4. The molecule has 0 aliphatic rings. The lowest BCUT2D eigenvalue weighted by Crippen LogP contribution is -2.11. The summed E-state index contributed by atoms with van der Waals surface area (Å²) in [6.07, 6.45) is 2.81. The first-order valence-electron chi connectivity index (χ1n) is 5.07. The molecular formula is C11H10N4O2S. The summed E-state index contributed by atoms with van der Waals surface area (Å²) in [6, 6.07) is 0. The second-order valence-corrected chi connectivity index (χ2v) is 4.29. The van der Waals surface area contributed by atoms with Crippen molar-refractivity contribution in [2.75, 3.05) is 11.9 Å². The van der Waals surface area contributed by atoms with Crippen molar-refractivity contribution in [2.24, 2.45) is 5.73 Å². The monoisotopic (exact) mass is 262 g/mol. The Morgan fingerprint density at radius 1 is 1.61 bits per heavy atom. The molecule has 2 aromatic rings. The molecule has 0 unspecified atom stereocenters. The number of nitrogens with zero attached hydrogens (tertiary/aromatic N) is 2. The minimum absolute atomic E-state index is 0.180. The van der Waals surface area contributed by atoms with E-state index in [1.807, 2.05) is 0 Å². The highest BCUT2D eigenvalue weighted by Crippen LogP contribution is 2.18. The van der Waals surface area contributed by atoms with Gasteiger partial charge in [0.15, 0.2) is 11.5 Å². The Morgan fingerprint density at radius 2 is 2.44 bits per heavy atom. The van der Waals surface area contributed by atoms with Gasteiger partial charge in [0.25, 0.3) is 5.91 Å². The number of nitrogens with two attached hydrogens (primary N) is 1. The van der Waals surface area contributed by atoms with Gasteiger partial charge in [-0.3, -0.25) is 10.1 Å². The van der Waals surface area contributed by atoms with Crippen LogP contribution in [-0.4, -0.2) is 22.4 Å². The van der Waals surface area contributed by atoms with Gasteiger partial charge in [-0.25, -0.2) is 9.97 Å². The zero-order chi connectivity index (χ0) is 13.0. The van der Waals surface area contributed by atoms with Crippen molar-refractivity contribution in [3.05, 3.63) is 28.9 Å². The number of thiazole rings is 1. The van der Waals surface area contributed by atoms with E-state index >= 15 is 0 Å². The highest BCUT2D eigenvalue weighted by Gasteiger charge is 2.15. The molecule has 0 fully saturated rings. The lowest BCUT2D eigenvalue weighted by Gasteiger charge is -1.97. The van der Waals surface area contributed by atoms with Crippen molar-refractivity contribution in [1.29, 1.82) is 0 Å². The van der Waals surface area contributed by atoms with Crippen LogP contribution in [0.15, 0.2) is 17.0 Å². The summed E-state index contributed by atoms with van der Waals surface area (Å²) < 4.78 is 4.98. The molecule has 3 N–H and O–H groups in total. The van der Waals surface area contributed by atoms with E-state index in [9.17, 15) is 4.79 Å². The third-order valence-corrected chi connectivity index (χ3v) is 2.82. The van der Waals surface area contributed by atoms with Gasteiger partial charge in [-0.05, 0) is 6.92 Å². The number of rotatable bonds is 2. The topological polar surface area (TPSA) is 94.0 Å². The van der Waals surface area contributed by atoms with Crippen molar-refractivity contribution in [3.8, 4) is 11.8 Å². The molecule has 0 saturated carbocycles. The van der Waals surface area contributed by atoms with Crippen LogP contribution in [-0.2, 0) is 0 Å². The second-order valence-electron chi connectivity index (χ2n) is 3.26. The molecule has 0 radical (unpaired) electrons. The van der Waals surface area contributed by atoms with Gasteiger partial charge >= 0.3 is 0 Å². The Labute approximate surface area is 107 Å². The minimum Gasteiger partial charge on any atom is -0.438 e. The van der Waals surface area contributed by atoms with E-state index in [0.29, 0.717) is 10.8 Å². The van der Waals surface area contributed by atoms with Gasteiger partial charge in [0.1, 0.15) is 0 Å². The van der Waals surface area contributed by atoms with Crippen LogP contribution in [0.1, 0.15) is 21.1 Å². The van der Waals surface area contributed by atoms with Crippen LogP contribution in [0.3, 0.4) is 0 Å². The summed E-state index contributed by atoms with van der Waals surface area (Å²) in [6.45, 7) is 1.98. The molecule has 0 aromatic carbocycles. The molecule has 2 rings (SSSR count). The molecule has 2 heterocycles. The van der Waals surface area contributed by atoms with E-state index in [0.717, 1.165) is 4.88 Å². The molecule has 0 aliphatic carbocycles. The van der Waals surface area contributed by atoms with Crippen LogP contribution in [0.5, 0.6) is 0 Å². The standard InChI is InChI=1S/C11H10N4O2S/c1-7-9(17-6-14-7)10(16)15-11-13-5-8(18-11)3-2-4-12/h5-6H,4,12H2,1H3,(H,13,15,16). The van der Waals surface area contributed by atoms with Crippen molar-refractivity contribution in [3.63, 3.8) is 0 Å². The predicted molar refractivity (Wildman–Crippen MR) is 67.2 cm³/mol. The van der Waals surface area contributed by atoms with Crippen LogP contribution in [0.25, 0.3) is 0 Å². The Kier molecular flexibility index (Phi) is 3.72. The molecule has 0 aliphatic heterocycles. The van der Waals surface area contributed by atoms with Gasteiger partial charge in [-0.1, -0.05) is 23.2 Å². The molecule has 0 bridgehead atoms. The number of oxazole rings is 1. The molecule has 6 nitrogen and oxygen atoms in total. The van der Waals surface area contributed by atoms with Gasteiger partial charge in [0.05, 0.1) is 23.3 Å². The average molecular weight is 262 g/mol. The number of carbonyl (C=O) groups is 1. The maximum atomic E-state index is 11.8. The van der Waals surface area contributed by atoms with E-state index in [-0.39, 0.29) is 18.2 Å². The summed E-state index contributed by atoms with van der Waals surface area (Å²) in [4.78, 5) is 20.4. The first kappa shape index (κ1) is 12.3. The van der Waals surface area contributed by atoms with Gasteiger partial charge in [0, 0.05) is 0 Å². The van der Waals surface area contributed by atoms with Crippen molar-refractivity contribution < 1.29 is 9.21 Å². The fraction of sp³-hybridized carbons (Fsp3) is 0.182. The van der Waals surface area contributed by atoms with Crippen LogP contribution in [0, 0.1) is 18.8 Å². The van der Waals surface area contributed by atoms with E-state index in [4.69, 9.17) is 10.2 Å². The molecule has 92 valence electrons. The lowest BCUT2D eigenvalue weighted by molar-refractivity contribution is 0.0996. The van der Waals surface area contributed by atoms with E-state index < -0.39 is 0 Å². The molecule has 18 heavy (non-hydrogen) atoms. The summed E-state index contributed by atoms with van der Waals surface area (Å²) >= 11 is 1.27. The van der Waals surface area contributed by atoms with Gasteiger partial charge in [-0.2, -0.15) is 0 Å². The first-order chi connectivity index (χ1) is 8.70. The number of anilines is 1. The predicted octanol–water partition coefficient (Wildman–Crippen LogP) is 1.00. The van der Waals surface area contributed by atoms with E-state index in [1.54, 1.807) is 13.1 Å². The zero-order valence-electron chi connectivity index (χ0n) is 9.56. The average Bonchev–Trinajstić information content (AvgIpc) is 2.95. The van der Waals surface area contributed by atoms with E-state index in [1.165, 1.54) is 17.7 Å². The van der Waals surface area contributed by atoms with Crippen molar-refractivity contribution >= 4 is 22.4 Å². The third-order valence-electron chi connectivity index (χ3n) is 1.99. The largest absolute Gasteiger partial charge is 0.438 e. The number of hydrogen-bond acceptors (Lipinski definition) is 6. The van der Waals surface area contributed by atoms with Gasteiger partial charge < -0.3 is 10.2 Å². The first-order valence-corrected chi connectivity index (χ1v) is 5.88. The smallest absolute Gasteiger partial charge is 0.295 e. The number of carbonyl (C=O) groups excluding carboxylic acids is 1. The quantitative estimate of drug-likeness (QED) is 0.787. The molecule has 0 atom stereocenters. The number of nitrogens with one attached hydrogen (secondary N) is 1. The Bertz CT molecular complexity index is 620. The van der Waals surface area contributed by atoms with Crippen molar-refractivity contribution in [2.45, 2.75) is 6.92 Å². The Morgan fingerprint density at radius 3 is 3.11 bits per heavy atom. The van der Waals surface area contributed by atoms with Crippen molar-refractivity contribution in [1.82, 2.24) is 9.97 Å². The van der Waals surface area contributed by atoms with Crippen LogP contribution in [0.2, 0.25) is 0 Å². The second kappa shape index (κ2) is 5.44. The highest BCUT2D eigenvalue weighted by molar-refractivity contribution is 7.16. The van der Waals surface area contributed by atoms with E-state index in [2.05, 4.69) is 27.1 Å². The third kappa shape index (κ3) is 2.74. The van der Waals surface area contributed by atoms with Gasteiger partial charge in [-0.15, -0.1) is 0 Å². The normalized spacial score (nSPS) is 9.67. The molecule has 2 aromatic heterocycles. The molecule has 0 saturated heterocycles. The summed E-state index contributed by atoms with van der Waals surface area (Å²) in [5, 5.41) is 3.07. The summed E-state index contributed by atoms with van der Waals surface area (Å²) in [5.41, 5.74) is 5.80. The Balaban J connectivity index is 2.08. The highest BCUT2D eigenvalue weighted by atomic mass is 32.1. The number of aryl methyl sites for hydroxylation is 1. The summed E-state index contributed by atoms with van der Waals surface area (Å²) in [5.74, 6) is 5.36. The fourth-order valence-electron chi connectivity index (χ4n) is 1.20. The molecule has 7 heteroatoms. The fourth-order valence-corrected chi connectivity index (χ4v) is 1.89. The van der Waals surface area contributed by atoms with Crippen LogP contribution >= 0.6 is 11.3 Å². The molecule has 1 amide bonds. The Hall–Kier alpha value is -2.17. The summed E-state index contributed by atoms with van der Waals surface area (Å²) in [7, 11) is 0. The SMILES string of the molecule is Cc1ncoc1C(=O)Nc1ncc(C#CCN)s1.